The van der Waals surface area contributed by atoms with Gasteiger partial charge in [0.1, 0.15) is 0 Å². The lowest BCUT2D eigenvalue weighted by molar-refractivity contribution is 0.102. The molecule has 1 rings (SSSR count). The topological polar surface area (TPSA) is 55.8 Å². The minimum atomic E-state index is -0.162. The van der Waals surface area contributed by atoms with Crippen molar-refractivity contribution in [2.24, 2.45) is 0 Å². The number of phenolic OH excluding ortho intramolecular Hbond substituents is 1. The molecule has 0 amide bonds. The third kappa shape index (κ3) is 2.23. The second kappa shape index (κ2) is 5.02. The van der Waals surface area contributed by atoms with Crippen LogP contribution in [0.15, 0.2) is 12.1 Å². The predicted octanol–water partition coefficient (Wildman–Crippen LogP) is 1.99. The molecule has 0 aliphatic carbocycles. The van der Waals surface area contributed by atoms with Gasteiger partial charge in [0, 0.05) is 0 Å². The molecule has 82 valence electrons. The van der Waals surface area contributed by atoms with Crippen LogP contribution in [0.3, 0.4) is 0 Å². The fourth-order valence-corrected chi connectivity index (χ4v) is 1.52. The third-order valence-corrected chi connectivity index (χ3v) is 2.45. The monoisotopic (exact) mass is 274 g/mol. The number of rotatable bonds is 4. The highest BCUT2D eigenvalue weighted by Crippen LogP contribution is 2.38. The summed E-state index contributed by atoms with van der Waals surface area (Å²) in [6.07, 6.45) is 0. The first-order valence-electron chi connectivity index (χ1n) is 4.18. The smallest absolute Gasteiger partial charge is 0.201 e. The molecule has 0 aromatic heterocycles. The van der Waals surface area contributed by atoms with Gasteiger partial charge in [-0.05, 0) is 12.1 Å². The Bertz CT molecular complexity index is 376. The molecule has 0 bridgehead atoms. The van der Waals surface area contributed by atoms with Crippen molar-refractivity contribution >= 4 is 21.7 Å². The van der Waals surface area contributed by atoms with E-state index < -0.39 is 0 Å². The average Bonchev–Trinajstić information content (AvgIpc) is 2.27. The molecule has 0 saturated carbocycles. The maximum Gasteiger partial charge on any atom is 0.201 e. The van der Waals surface area contributed by atoms with E-state index in [1.54, 1.807) is 6.07 Å². The number of carbonyl (C=O) groups excluding carboxylic acids is 1. The molecular formula is C10H11BrO4. The van der Waals surface area contributed by atoms with Gasteiger partial charge < -0.3 is 14.6 Å². The first-order valence-corrected chi connectivity index (χ1v) is 5.31. The first-order chi connectivity index (χ1) is 7.15. The Morgan fingerprint density at radius 1 is 1.40 bits per heavy atom. The summed E-state index contributed by atoms with van der Waals surface area (Å²) in [7, 11) is 2.82. The summed E-state index contributed by atoms with van der Waals surface area (Å²) in [4.78, 5) is 11.5. The second-order valence-corrected chi connectivity index (χ2v) is 3.31. The van der Waals surface area contributed by atoms with Crippen molar-refractivity contribution in [3.05, 3.63) is 17.7 Å². The van der Waals surface area contributed by atoms with Crippen LogP contribution >= 0.6 is 15.9 Å². The predicted molar refractivity (Wildman–Crippen MR) is 59.3 cm³/mol. The summed E-state index contributed by atoms with van der Waals surface area (Å²) in [5, 5.41) is 9.87. The third-order valence-electron chi connectivity index (χ3n) is 1.94. The number of carbonyl (C=O) groups is 1. The van der Waals surface area contributed by atoms with Gasteiger partial charge in [-0.3, -0.25) is 4.79 Å². The molecule has 1 aromatic rings. The first kappa shape index (κ1) is 11.8. The maximum absolute atomic E-state index is 11.5. The highest BCUT2D eigenvalue weighted by Gasteiger charge is 2.18. The van der Waals surface area contributed by atoms with Gasteiger partial charge in [-0.1, -0.05) is 15.9 Å². The molecular weight excluding hydrogens is 264 g/mol. The number of alkyl halides is 1. The number of hydrogen-bond acceptors (Lipinski definition) is 4. The molecule has 4 nitrogen and oxygen atoms in total. The Hall–Kier alpha value is -1.23. The van der Waals surface area contributed by atoms with Crippen LogP contribution in [-0.2, 0) is 0 Å². The SMILES string of the molecule is COc1ccc(C(=O)CBr)c(OC)c1O. The standard InChI is InChI=1S/C10H11BrO4/c1-14-8-4-3-6(7(12)5-11)10(15-2)9(8)13/h3-4,13H,5H2,1-2H3. The van der Waals surface area contributed by atoms with Crippen LogP contribution in [0.25, 0.3) is 0 Å². The van der Waals surface area contributed by atoms with Gasteiger partial charge in [-0.25, -0.2) is 0 Å². The molecule has 0 spiro atoms. The Labute approximate surface area is 95.9 Å². The summed E-state index contributed by atoms with van der Waals surface area (Å²) >= 11 is 3.06. The number of hydrogen-bond donors (Lipinski definition) is 1. The zero-order valence-corrected chi connectivity index (χ0v) is 10.00. The quantitative estimate of drug-likeness (QED) is 0.674. The molecule has 5 heteroatoms. The van der Waals surface area contributed by atoms with E-state index >= 15 is 0 Å². The molecule has 15 heavy (non-hydrogen) atoms. The normalized spacial score (nSPS) is 9.80. The highest BCUT2D eigenvalue weighted by molar-refractivity contribution is 9.09. The van der Waals surface area contributed by atoms with Crippen LogP contribution < -0.4 is 9.47 Å². The number of benzene rings is 1. The van der Waals surface area contributed by atoms with Crippen molar-refractivity contribution < 1.29 is 19.4 Å². The Kier molecular flexibility index (Phi) is 3.96. The van der Waals surface area contributed by atoms with Crippen LogP contribution in [0.2, 0.25) is 0 Å². The summed E-state index contributed by atoms with van der Waals surface area (Å²) in [6, 6.07) is 3.08. The summed E-state index contributed by atoms with van der Waals surface area (Å²) in [6.45, 7) is 0. The lowest BCUT2D eigenvalue weighted by Crippen LogP contribution is -2.03. The van der Waals surface area contributed by atoms with Crippen LogP contribution in [0.4, 0.5) is 0 Å². The van der Waals surface area contributed by atoms with Gasteiger partial charge in [-0.2, -0.15) is 0 Å². The fourth-order valence-electron chi connectivity index (χ4n) is 1.22. The van der Waals surface area contributed by atoms with Gasteiger partial charge in [0.2, 0.25) is 5.75 Å². The number of halogens is 1. The molecule has 0 radical (unpaired) electrons. The van der Waals surface area contributed by atoms with E-state index in [0.717, 1.165) is 0 Å². The van der Waals surface area contributed by atoms with Gasteiger partial charge in [0.15, 0.2) is 17.3 Å². The molecule has 0 saturated heterocycles. The van der Waals surface area contributed by atoms with Crippen molar-refractivity contribution in [1.82, 2.24) is 0 Å². The summed E-state index contributed by atoms with van der Waals surface area (Å²) in [5.74, 6) is 0.0911. The van der Waals surface area contributed by atoms with Crippen LogP contribution in [0, 0.1) is 0 Å². The largest absolute Gasteiger partial charge is 0.502 e. The molecule has 0 heterocycles. The van der Waals surface area contributed by atoms with E-state index in [1.807, 2.05) is 0 Å². The van der Waals surface area contributed by atoms with Gasteiger partial charge in [0.25, 0.3) is 0 Å². The van der Waals surface area contributed by atoms with E-state index in [4.69, 9.17) is 9.47 Å². The molecule has 0 unspecified atom stereocenters. The fraction of sp³-hybridized carbons (Fsp3) is 0.300. The maximum atomic E-state index is 11.5. The number of methoxy groups -OCH3 is 2. The minimum absolute atomic E-state index is 0.138. The van der Waals surface area contributed by atoms with E-state index in [2.05, 4.69) is 15.9 Å². The van der Waals surface area contributed by atoms with E-state index in [9.17, 15) is 9.90 Å². The summed E-state index contributed by atoms with van der Waals surface area (Å²) in [5.41, 5.74) is 0.327. The number of Topliss-reactive ketones (excluding diaryl/α,β-unsaturated/α-hetero) is 1. The molecule has 0 atom stereocenters. The van der Waals surface area contributed by atoms with Crippen LogP contribution in [0.5, 0.6) is 17.2 Å². The number of ketones is 1. The van der Waals surface area contributed by atoms with E-state index in [-0.39, 0.29) is 28.4 Å². The van der Waals surface area contributed by atoms with Crippen molar-refractivity contribution in [2.45, 2.75) is 0 Å². The average molecular weight is 275 g/mol. The molecule has 1 aromatic carbocycles. The van der Waals surface area contributed by atoms with Gasteiger partial charge in [0.05, 0.1) is 25.1 Å². The van der Waals surface area contributed by atoms with Crippen LogP contribution in [0.1, 0.15) is 10.4 Å². The Morgan fingerprint density at radius 3 is 2.53 bits per heavy atom. The molecule has 0 fully saturated rings. The lowest BCUT2D eigenvalue weighted by atomic mass is 10.1. The van der Waals surface area contributed by atoms with Gasteiger partial charge >= 0.3 is 0 Å². The number of phenols is 1. The van der Waals surface area contributed by atoms with Crippen molar-refractivity contribution in [3.8, 4) is 17.2 Å². The zero-order chi connectivity index (χ0) is 11.4. The van der Waals surface area contributed by atoms with Crippen molar-refractivity contribution in [2.75, 3.05) is 19.5 Å². The van der Waals surface area contributed by atoms with E-state index in [1.165, 1.54) is 20.3 Å². The second-order valence-electron chi connectivity index (χ2n) is 2.75. The highest BCUT2D eigenvalue weighted by atomic mass is 79.9. The lowest BCUT2D eigenvalue weighted by Gasteiger charge is -2.11. The Morgan fingerprint density at radius 2 is 2.07 bits per heavy atom. The van der Waals surface area contributed by atoms with Gasteiger partial charge in [-0.15, -0.1) is 0 Å². The minimum Gasteiger partial charge on any atom is -0.502 e. The number of ether oxygens (including phenoxy) is 2. The van der Waals surface area contributed by atoms with Crippen molar-refractivity contribution in [1.29, 1.82) is 0 Å². The van der Waals surface area contributed by atoms with Crippen molar-refractivity contribution in [3.63, 3.8) is 0 Å². The molecule has 0 aliphatic rings. The molecule has 0 aliphatic heterocycles. The number of aromatic hydroxyl groups is 1. The van der Waals surface area contributed by atoms with Crippen LogP contribution in [-0.4, -0.2) is 30.4 Å². The van der Waals surface area contributed by atoms with E-state index in [0.29, 0.717) is 5.56 Å². The Balaban J connectivity index is 3.30. The zero-order valence-electron chi connectivity index (χ0n) is 8.41. The molecule has 1 N–H and O–H groups in total. The summed E-state index contributed by atoms with van der Waals surface area (Å²) < 4.78 is 9.87.